The molecule has 0 aliphatic rings. The van der Waals surface area contributed by atoms with Crippen LogP contribution in [0.3, 0.4) is 0 Å². The first-order chi connectivity index (χ1) is 11.0. The third kappa shape index (κ3) is 3.15. The zero-order valence-electron chi connectivity index (χ0n) is 11.3. The van der Waals surface area contributed by atoms with E-state index in [2.05, 4.69) is 20.9 Å². The minimum Gasteiger partial charge on any atom is -0.250 e. The number of terminal acetylenes is 1. The second-order valence-corrected chi connectivity index (χ2v) is 4.17. The van der Waals surface area contributed by atoms with Gasteiger partial charge in [-0.2, -0.15) is 0 Å². The fourth-order valence-electron chi connectivity index (χ4n) is 1.66. The zero-order valence-corrected chi connectivity index (χ0v) is 11.3. The summed E-state index contributed by atoms with van der Waals surface area (Å²) < 4.78 is 54.6. The second kappa shape index (κ2) is 6.64. The zero-order chi connectivity index (χ0) is 17.0. The third-order valence-corrected chi connectivity index (χ3v) is 2.78. The molecule has 0 amide bonds. The van der Waals surface area contributed by atoms with Crippen LogP contribution in [0.15, 0.2) is 34.4 Å². The van der Waals surface area contributed by atoms with Crippen LogP contribution in [0.1, 0.15) is 11.1 Å². The molecule has 0 saturated heterocycles. The van der Waals surface area contributed by atoms with Crippen molar-refractivity contribution in [2.75, 3.05) is 0 Å². The Labute approximate surface area is 127 Å². The first kappa shape index (κ1) is 16.1. The molecule has 0 aromatic heterocycles. The van der Waals surface area contributed by atoms with Crippen molar-refractivity contribution in [2.45, 2.75) is 0 Å². The molecule has 0 spiro atoms. The first-order valence-corrected chi connectivity index (χ1v) is 6.01. The smallest absolute Gasteiger partial charge is 0.188 e. The maximum atomic E-state index is 13.7. The fourth-order valence-corrected chi connectivity index (χ4v) is 1.66. The van der Waals surface area contributed by atoms with Crippen molar-refractivity contribution >= 4 is 17.6 Å². The molecule has 0 heterocycles. The van der Waals surface area contributed by atoms with Gasteiger partial charge in [-0.3, -0.25) is 0 Å². The Morgan fingerprint density at radius 2 is 1.48 bits per heavy atom. The Hall–Kier alpha value is -3.30. The maximum Gasteiger partial charge on any atom is 0.188 e. The summed E-state index contributed by atoms with van der Waals surface area (Å²) >= 11 is 0. The van der Waals surface area contributed by atoms with E-state index in [1.54, 1.807) is 12.1 Å². The van der Waals surface area contributed by atoms with Crippen molar-refractivity contribution in [2.24, 2.45) is 10.1 Å². The van der Waals surface area contributed by atoms with Gasteiger partial charge in [0.2, 0.25) is 0 Å². The van der Waals surface area contributed by atoms with Gasteiger partial charge in [-0.25, -0.2) is 22.6 Å². The fraction of sp³-hybridized carbons (Fsp3) is 0. The first-order valence-electron chi connectivity index (χ1n) is 6.01. The molecule has 23 heavy (non-hydrogen) atoms. The molecule has 2 aromatic rings. The SMILES string of the molecule is C#Cc1ccc(C=Nc2c(F)c(F)c(N=[N+]=[N-])c(F)c2F)cc1. The summed E-state index contributed by atoms with van der Waals surface area (Å²) in [5.41, 5.74) is 6.58. The molecule has 8 heteroatoms. The van der Waals surface area contributed by atoms with Gasteiger partial charge in [0, 0.05) is 16.7 Å². The predicted molar refractivity (Wildman–Crippen MR) is 76.7 cm³/mol. The number of aliphatic imine (C=N–C) groups is 1. The van der Waals surface area contributed by atoms with E-state index in [0.29, 0.717) is 11.1 Å². The Morgan fingerprint density at radius 1 is 0.957 bits per heavy atom. The highest BCUT2D eigenvalue weighted by Crippen LogP contribution is 2.34. The molecule has 114 valence electrons. The van der Waals surface area contributed by atoms with Crippen molar-refractivity contribution < 1.29 is 17.6 Å². The molecule has 0 radical (unpaired) electrons. The topological polar surface area (TPSA) is 61.1 Å². The van der Waals surface area contributed by atoms with Crippen LogP contribution in [0.25, 0.3) is 10.4 Å². The molecule has 4 nitrogen and oxygen atoms in total. The van der Waals surface area contributed by atoms with Gasteiger partial charge in [-0.1, -0.05) is 23.2 Å². The summed E-state index contributed by atoms with van der Waals surface area (Å²) in [6.45, 7) is 0. The lowest BCUT2D eigenvalue weighted by molar-refractivity contribution is 0.461. The van der Waals surface area contributed by atoms with E-state index in [-0.39, 0.29) is 0 Å². The van der Waals surface area contributed by atoms with E-state index in [0.717, 1.165) is 6.21 Å². The van der Waals surface area contributed by atoms with E-state index in [9.17, 15) is 17.6 Å². The van der Waals surface area contributed by atoms with Gasteiger partial charge in [0.15, 0.2) is 23.3 Å². The summed E-state index contributed by atoms with van der Waals surface area (Å²) in [7, 11) is 0. The van der Waals surface area contributed by atoms with Crippen LogP contribution >= 0.6 is 0 Å². The molecule has 0 fully saturated rings. The van der Waals surface area contributed by atoms with E-state index in [1.807, 2.05) is 0 Å². The minimum absolute atomic E-state index is 0.405. The summed E-state index contributed by atoms with van der Waals surface area (Å²) in [5.74, 6) is -4.79. The molecular weight excluding hydrogens is 312 g/mol. The monoisotopic (exact) mass is 318 g/mol. The Bertz CT molecular complexity index is 847. The van der Waals surface area contributed by atoms with Crippen LogP contribution in [0.5, 0.6) is 0 Å². The van der Waals surface area contributed by atoms with Gasteiger partial charge in [-0.05, 0) is 23.2 Å². The average molecular weight is 318 g/mol. The van der Waals surface area contributed by atoms with Crippen LogP contribution in [-0.2, 0) is 0 Å². The lowest BCUT2D eigenvalue weighted by Gasteiger charge is -2.05. The molecular formula is C15H6F4N4. The molecule has 2 aromatic carbocycles. The van der Waals surface area contributed by atoms with Crippen molar-refractivity contribution in [3.63, 3.8) is 0 Å². The maximum absolute atomic E-state index is 13.7. The number of nitrogens with zero attached hydrogens (tertiary/aromatic N) is 4. The molecule has 0 saturated carbocycles. The number of azide groups is 1. The second-order valence-electron chi connectivity index (χ2n) is 4.17. The van der Waals surface area contributed by atoms with Crippen LogP contribution < -0.4 is 0 Å². The van der Waals surface area contributed by atoms with Crippen LogP contribution in [0.4, 0.5) is 28.9 Å². The van der Waals surface area contributed by atoms with Crippen LogP contribution in [0.2, 0.25) is 0 Å². The minimum atomic E-state index is -1.82. The summed E-state index contributed by atoms with van der Waals surface area (Å²) in [5, 5.41) is 2.59. The van der Waals surface area contributed by atoms with E-state index in [1.165, 1.54) is 12.1 Å². The van der Waals surface area contributed by atoms with Crippen molar-refractivity contribution in [3.8, 4) is 12.3 Å². The average Bonchev–Trinajstić information content (AvgIpc) is 2.57. The number of hydrogen-bond donors (Lipinski definition) is 0. The summed E-state index contributed by atoms with van der Waals surface area (Å²) in [6.07, 6.45) is 6.18. The summed E-state index contributed by atoms with van der Waals surface area (Å²) in [6, 6.07) is 6.13. The molecule has 0 aliphatic carbocycles. The molecule has 2 rings (SSSR count). The van der Waals surface area contributed by atoms with Crippen LogP contribution in [0, 0.1) is 35.6 Å². The van der Waals surface area contributed by atoms with E-state index in [4.69, 9.17) is 12.0 Å². The van der Waals surface area contributed by atoms with Gasteiger partial charge in [0.05, 0.1) is 0 Å². The highest BCUT2D eigenvalue weighted by molar-refractivity contribution is 5.82. The standard InChI is InChI=1S/C15H6F4N4/c1-2-8-3-5-9(6-4-8)7-21-14-10(16)12(18)15(22-23-20)13(19)11(14)17/h1,3-7H. The Morgan fingerprint density at radius 3 is 1.96 bits per heavy atom. The van der Waals surface area contributed by atoms with Crippen molar-refractivity contribution in [1.82, 2.24) is 0 Å². The number of halogens is 4. The predicted octanol–water partition coefficient (Wildman–Crippen LogP) is 4.92. The van der Waals surface area contributed by atoms with Crippen molar-refractivity contribution in [3.05, 3.63) is 69.1 Å². The number of hydrogen-bond acceptors (Lipinski definition) is 2. The third-order valence-electron chi connectivity index (χ3n) is 2.78. The van der Waals surface area contributed by atoms with Crippen molar-refractivity contribution in [1.29, 1.82) is 0 Å². The lowest BCUT2D eigenvalue weighted by atomic mass is 10.1. The number of rotatable bonds is 3. The molecule has 0 unspecified atom stereocenters. The van der Waals surface area contributed by atoms with Gasteiger partial charge in [0.1, 0.15) is 11.4 Å². The van der Waals surface area contributed by atoms with Crippen LogP contribution in [-0.4, -0.2) is 6.21 Å². The van der Waals surface area contributed by atoms with Gasteiger partial charge in [-0.15, -0.1) is 6.42 Å². The Balaban J connectivity index is 2.49. The quantitative estimate of drug-likeness (QED) is 0.147. The summed E-state index contributed by atoms with van der Waals surface area (Å²) in [4.78, 5) is 5.52. The largest absolute Gasteiger partial charge is 0.250 e. The lowest BCUT2D eigenvalue weighted by Crippen LogP contribution is -1.96. The molecule has 0 atom stereocenters. The van der Waals surface area contributed by atoms with Gasteiger partial charge >= 0.3 is 0 Å². The molecule has 0 N–H and O–H groups in total. The highest BCUT2D eigenvalue weighted by Gasteiger charge is 2.24. The molecule has 0 aliphatic heterocycles. The van der Waals surface area contributed by atoms with E-state index < -0.39 is 34.6 Å². The normalized spacial score (nSPS) is 10.4. The van der Waals surface area contributed by atoms with Gasteiger partial charge in [0.25, 0.3) is 0 Å². The van der Waals surface area contributed by atoms with E-state index >= 15 is 0 Å². The Kier molecular flexibility index (Phi) is 4.64. The van der Waals surface area contributed by atoms with Gasteiger partial charge < -0.3 is 0 Å². The highest BCUT2D eigenvalue weighted by atomic mass is 19.2. The molecule has 0 bridgehead atoms. The number of benzene rings is 2.